The molecule has 5 nitrogen and oxygen atoms in total. The molecule has 1 aliphatic carbocycles. The molecule has 1 fully saturated rings. The van der Waals surface area contributed by atoms with E-state index in [4.69, 9.17) is 9.47 Å². The number of carboxylic acid groups (broad SMARTS) is 1. The van der Waals surface area contributed by atoms with Crippen LogP contribution in [0, 0.1) is 5.92 Å². The normalized spacial score (nSPS) is 26.3. The molecule has 1 aliphatic rings. The first-order chi connectivity index (χ1) is 10.4. The monoisotopic (exact) mass is 308 g/mol. The Balaban J connectivity index is 2.41. The fourth-order valence-electron chi connectivity index (χ4n) is 3.44. The van der Waals surface area contributed by atoms with Crippen molar-refractivity contribution in [2.45, 2.75) is 44.1 Å². The van der Waals surface area contributed by atoms with Crippen molar-refractivity contribution < 1.29 is 24.5 Å². The molecule has 3 atom stereocenters. The van der Waals surface area contributed by atoms with Crippen molar-refractivity contribution >= 4 is 5.97 Å². The van der Waals surface area contributed by atoms with Crippen molar-refractivity contribution in [2.75, 3.05) is 14.2 Å². The molecule has 2 rings (SSSR count). The zero-order valence-electron chi connectivity index (χ0n) is 13.3. The summed E-state index contributed by atoms with van der Waals surface area (Å²) in [6, 6.07) is 5.53. The summed E-state index contributed by atoms with van der Waals surface area (Å²) in [5.74, 6) is -0.777. The molecular formula is C17H24O5. The van der Waals surface area contributed by atoms with Crippen LogP contribution in [-0.4, -0.2) is 36.0 Å². The third-order valence-electron chi connectivity index (χ3n) is 4.85. The van der Waals surface area contributed by atoms with Crippen LogP contribution >= 0.6 is 0 Å². The minimum atomic E-state index is -1.23. The average Bonchev–Trinajstić information content (AvgIpc) is 2.53. The second-order valence-corrected chi connectivity index (χ2v) is 5.96. The largest absolute Gasteiger partial charge is 0.493 e. The summed E-state index contributed by atoms with van der Waals surface area (Å²) < 4.78 is 10.6. The van der Waals surface area contributed by atoms with Crippen molar-refractivity contribution in [1.82, 2.24) is 0 Å². The maximum atomic E-state index is 11.4. The molecule has 0 aliphatic heterocycles. The molecule has 3 unspecified atom stereocenters. The summed E-state index contributed by atoms with van der Waals surface area (Å²) in [6.45, 7) is 1.58. The highest BCUT2D eigenvalue weighted by molar-refractivity contribution is 5.71. The summed E-state index contributed by atoms with van der Waals surface area (Å²) in [4.78, 5) is 11.4. The molecule has 5 heteroatoms. The van der Waals surface area contributed by atoms with Crippen LogP contribution in [0.25, 0.3) is 0 Å². The molecule has 2 N–H and O–H groups in total. The molecule has 0 aromatic heterocycles. The Labute approximate surface area is 130 Å². The average molecular weight is 308 g/mol. The van der Waals surface area contributed by atoms with Crippen LogP contribution in [0.5, 0.6) is 11.5 Å². The quantitative estimate of drug-likeness (QED) is 0.874. The number of carbonyl (C=O) groups is 1. The smallest absolute Gasteiger partial charge is 0.309 e. The van der Waals surface area contributed by atoms with Crippen LogP contribution in [-0.2, 0) is 4.79 Å². The lowest BCUT2D eigenvalue weighted by atomic mass is 9.66. The van der Waals surface area contributed by atoms with E-state index in [1.807, 2.05) is 12.1 Å². The van der Waals surface area contributed by atoms with Crippen LogP contribution in [0.2, 0.25) is 0 Å². The molecular weight excluding hydrogens is 284 g/mol. The Morgan fingerprint density at radius 3 is 2.55 bits per heavy atom. The number of aliphatic carboxylic acids is 1. The summed E-state index contributed by atoms with van der Waals surface area (Å²) in [5, 5.41) is 20.4. The van der Waals surface area contributed by atoms with Crippen molar-refractivity contribution in [2.24, 2.45) is 5.92 Å². The summed E-state index contributed by atoms with van der Waals surface area (Å²) in [5.41, 5.74) is -0.336. The molecule has 1 aromatic rings. The molecule has 0 spiro atoms. The SMILES string of the molecule is COc1ccc(C2CCCCC2(O)C(C)C(=O)O)cc1OC. The van der Waals surface area contributed by atoms with Crippen LogP contribution in [0.15, 0.2) is 18.2 Å². The van der Waals surface area contributed by atoms with Gasteiger partial charge in [0.1, 0.15) is 0 Å². The predicted molar refractivity (Wildman–Crippen MR) is 82.5 cm³/mol. The van der Waals surface area contributed by atoms with Gasteiger partial charge in [0.15, 0.2) is 11.5 Å². The zero-order chi connectivity index (χ0) is 16.3. The summed E-state index contributed by atoms with van der Waals surface area (Å²) in [6.07, 6.45) is 3.09. The zero-order valence-corrected chi connectivity index (χ0v) is 13.3. The van der Waals surface area contributed by atoms with Gasteiger partial charge in [0.25, 0.3) is 0 Å². The van der Waals surface area contributed by atoms with E-state index in [0.717, 1.165) is 24.8 Å². The van der Waals surface area contributed by atoms with E-state index in [0.29, 0.717) is 17.9 Å². The van der Waals surface area contributed by atoms with E-state index in [2.05, 4.69) is 0 Å². The van der Waals surface area contributed by atoms with E-state index in [9.17, 15) is 15.0 Å². The molecule has 1 saturated carbocycles. The minimum absolute atomic E-state index is 0.216. The van der Waals surface area contributed by atoms with E-state index in [-0.39, 0.29) is 5.92 Å². The Bertz CT molecular complexity index is 542. The van der Waals surface area contributed by atoms with E-state index in [1.165, 1.54) is 0 Å². The molecule has 0 amide bonds. The van der Waals surface area contributed by atoms with Gasteiger partial charge in [-0.05, 0) is 37.5 Å². The standard InChI is InChI=1S/C17H24O5/c1-11(16(18)19)17(20)9-5-4-6-13(17)12-7-8-14(21-2)15(10-12)22-3/h7-8,10-11,13,20H,4-6,9H2,1-3H3,(H,18,19). The Morgan fingerprint density at radius 2 is 1.95 bits per heavy atom. The van der Waals surface area contributed by atoms with Crippen molar-refractivity contribution in [3.05, 3.63) is 23.8 Å². The number of ether oxygens (including phenoxy) is 2. The van der Waals surface area contributed by atoms with Gasteiger partial charge in [-0.1, -0.05) is 18.9 Å². The maximum Gasteiger partial charge on any atom is 0.309 e. The number of hydrogen-bond acceptors (Lipinski definition) is 4. The minimum Gasteiger partial charge on any atom is -0.493 e. The third-order valence-corrected chi connectivity index (χ3v) is 4.85. The molecule has 0 saturated heterocycles. The highest BCUT2D eigenvalue weighted by Crippen LogP contribution is 2.46. The lowest BCUT2D eigenvalue weighted by molar-refractivity contribution is -0.155. The van der Waals surface area contributed by atoms with Gasteiger partial charge in [-0.2, -0.15) is 0 Å². The fourth-order valence-corrected chi connectivity index (χ4v) is 3.44. The van der Waals surface area contributed by atoms with Gasteiger partial charge in [0, 0.05) is 5.92 Å². The second kappa shape index (κ2) is 6.57. The number of hydrogen-bond donors (Lipinski definition) is 2. The molecule has 0 radical (unpaired) electrons. The van der Waals surface area contributed by atoms with Gasteiger partial charge in [0.05, 0.1) is 25.7 Å². The Kier molecular flexibility index (Phi) is 4.96. The first-order valence-electron chi connectivity index (χ1n) is 7.61. The van der Waals surface area contributed by atoms with Crippen LogP contribution < -0.4 is 9.47 Å². The number of aliphatic hydroxyl groups is 1. The first-order valence-corrected chi connectivity index (χ1v) is 7.61. The molecule has 22 heavy (non-hydrogen) atoms. The topological polar surface area (TPSA) is 76.0 Å². The Morgan fingerprint density at radius 1 is 1.27 bits per heavy atom. The molecule has 1 aromatic carbocycles. The second-order valence-electron chi connectivity index (χ2n) is 5.96. The molecule has 0 bridgehead atoms. The number of benzene rings is 1. The summed E-state index contributed by atoms with van der Waals surface area (Å²) in [7, 11) is 3.13. The lowest BCUT2D eigenvalue weighted by Gasteiger charge is -2.43. The van der Waals surface area contributed by atoms with Crippen molar-refractivity contribution in [3.8, 4) is 11.5 Å². The van der Waals surface area contributed by atoms with Crippen LogP contribution in [0.3, 0.4) is 0 Å². The van der Waals surface area contributed by atoms with Gasteiger partial charge in [-0.3, -0.25) is 4.79 Å². The fraction of sp³-hybridized carbons (Fsp3) is 0.588. The highest BCUT2D eigenvalue weighted by atomic mass is 16.5. The van der Waals surface area contributed by atoms with Gasteiger partial charge >= 0.3 is 5.97 Å². The predicted octanol–water partition coefficient (Wildman–Crippen LogP) is 2.81. The number of rotatable bonds is 5. The first kappa shape index (κ1) is 16.6. The maximum absolute atomic E-state index is 11.4. The van der Waals surface area contributed by atoms with Crippen LogP contribution in [0.4, 0.5) is 0 Å². The number of carboxylic acids is 1. The van der Waals surface area contributed by atoms with E-state index >= 15 is 0 Å². The molecule has 122 valence electrons. The van der Waals surface area contributed by atoms with Crippen molar-refractivity contribution in [1.29, 1.82) is 0 Å². The number of methoxy groups -OCH3 is 2. The van der Waals surface area contributed by atoms with Gasteiger partial charge in [0.2, 0.25) is 0 Å². The van der Waals surface area contributed by atoms with Gasteiger partial charge < -0.3 is 19.7 Å². The summed E-state index contributed by atoms with van der Waals surface area (Å²) >= 11 is 0. The van der Waals surface area contributed by atoms with Gasteiger partial charge in [-0.25, -0.2) is 0 Å². The van der Waals surface area contributed by atoms with Crippen LogP contribution in [0.1, 0.15) is 44.1 Å². The molecule has 0 heterocycles. The van der Waals surface area contributed by atoms with Crippen molar-refractivity contribution in [3.63, 3.8) is 0 Å². The highest BCUT2D eigenvalue weighted by Gasteiger charge is 2.47. The lowest BCUT2D eigenvalue weighted by Crippen LogP contribution is -2.47. The van der Waals surface area contributed by atoms with E-state index < -0.39 is 17.5 Å². The van der Waals surface area contributed by atoms with Gasteiger partial charge in [-0.15, -0.1) is 0 Å². The van der Waals surface area contributed by atoms with E-state index in [1.54, 1.807) is 27.2 Å². The third kappa shape index (κ3) is 2.90. The Hall–Kier alpha value is -1.75.